The fourth-order valence-corrected chi connectivity index (χ4v) is 8.15. The van der Waals surface area contributed by atoms with Gasteiger partial charge in [-0.15, -0.1) is 0 Å². The number of esters is 1. The molecule has 0 atom stereocenters. The highest BCUT2D eigenvalue weighted by atomic mass is 16.5. The van der Waals surface area contributed by atoms with E-state index in [9.17, 15) is 4.79 Å². The van der Waals surface area contributed by atoms with E-state index in [1.807, 2.05) is 19.3 Å². The highest BCUT2D eigenvalue weighted by Crippen LogP contribution is 2.42. The van der Waals surface area contributed by atoms with Gasteiger partial charge in [-0.2, -0.15) is 0 Å². The molecule has 6 rings (SSSR count). The third-order valence-corrected chi connectivity index (χ3v) is 10.6. The number of nitrogens with zero attached hydrogens (tertiary/aromatic N) is 5. The first-order chi connectivity index (χ1) is 22.1. The van der Waals surface area contributed by atoms with Crippen LogP contribution in [-0.4, -0.2) is 92.5 Å². The molecule has 9 nitrogen and oxygen atoms in total. The van der Waals surface area contributed by atoms with Gasteiger partial charge in [0.15, 0.2) is 0 Å². The van der Waals surface area contributed by atoms with E-state index in [1.165, 1.54) is 88.7 Å². The number of piperidine rings is 1. The first kappa shape index (κ1) is 32.0. The summed E-state index contributed by atoms with van der Waals surface area (Å²) in [6.45, 7) is 10.0. The number of likely N-dealkylation sites (tertiary alicyclic amines) is 2. The number of aromatic nitrogens is 4. The Balaban J connectivity index is 1.04. The van der Waals surface area contributed by atoms with E-state index < -0.39 is 0 Å². The number of imidazole rings is 2. The Labute approximate surface area is 269 Å². The molecule has 0 radical (unpaired) electrons. The SMILES string of the molecule is CCOC(=O)CN(Cc1ccc(CN2CCC3(CCN(C4CCCCC4)CC3)C2)cc1)CC(Cc1ncc[nH]1)Cc1ncc[nH]1. The third-order valence-electron chi connectivity index (χ3n) is 10.6. The number of hydrogen-bond donors (Lipinski definition) is 2. The second-order valence-electron chi connectivity index (χ2n) is 13.9. The van der Waals surface area contributed by atoms with Crippen molar-refractivity contribution in [2.75, 3.05) is 45.9 Å². The average molecular weight is 616 g/mol. The molecular formula is C36H53N7O2. The first-order valence-corrected chi connectivity index (χ1v) is 17.4. The number of ether oxygens (including phenoxy) is 1. The molecule has 1 aliphatic carbocycles. The van der Waals surface area contributed by atoms with E-state index in [0.717, 1.165) is 43.6 Å². The molecule has 45 heavy (non-hydrogen) atoms. The normalized spacial score (nSPS) is 19.6. The maximum absolute atomic E-state index is 12.6. The van der Waals surface area contributed by atoms with E-state index in [-0.39, 0.29) is 18.4 Å². The topological polar surface area (TPSA) is 93.4 Å². The number of carbonyl (C=O) groups excluding carboxylic acids is 1. The molecule has 2 aromatic heterocycles. The van der Waals surface area contributed by atoms with Gasteiger partial charge >= 0.3 is 5.97 Å². The third kappa shape index (κ3) is 9.05. The highest BCUT2D eigenvalue weighted by molar-refractivity contribution is 5.71. The Morgan fingerprint density at radius 2 is 1.60 bits per heavy atom. The molecule has 3 fully saturated rings. The standard InChI is InChI=1S/C36H53N7O2/c1-2-45-35(44)27-42(26-31(22-33-37-15-16-38-33)23-34-39-17-18-40-34)25-30-10-8-29(9-11-30)24-41-19-12-36(28-41)13-20-43(21-14-36)32-6-4-3-5-7-32/h8-11,15-18,31-32H,2-7,12-14,19-28H2,1H3,(H,37,38)(H,39,40). The molecule has 1 saturated carbocycles. The largest absolute Gasteiger partial charge is 0.465 e. The van der Waals surface area contributed by atoms with Gasteiger partial charge in [0, 0.05) is 69.8 Å². The van der Waals surface area contributed by atoms with Crippen LogP contribution in [0.2, 0.25) is 0 Å². The van der Waals surface area contributed by atoms with Crippen LogP contribution < -0.4 is 0 Å². The van der Waals surface area contributed by atoms with Crippen LogP contribution in [0.3, 0.4) is 0 Å². The minimum Gasteiger partial charge on any atom is -0.465 e. The predicted molar refractivity (Wildman–Crippen MR) is 176 cm³/mol. The number of carbonyl (C=O) groups is 1. The van der Waals surface area contributed by atoms with E-state index in [1.54, 1.807) is 12.4 Å². The molecule has 2 saturated heterocycles. The molecule has 0 unspecified atom stereocenters. The summed E-state index contributed by atoms with van der Waals surface area (Å²) in [6.07, 6.45) is 20.1. The molecule has 9 heteroatoms. The van der Waals surface area contributed by atoms with E-state index in [0.29, 0.717) is 18.6 Å². The van der Waals surface area contributed by atoms with Gasteiger partial charge in [-0.05, 0) is 81.1 Å². The van der Waals surface area contributed by atoms with Gasteiger partial charge in [0.1, 0.15) is 11.6 Å². The monoisotopic (exact) mass is 615 g/mol. The zero-order chi connectivity index (χ0) is 30.9. The molecule has 1 spiro atoms. The van der Waals surface area contributed by atoms with Crippen molar-refractivity contribution in [3.63, 3.8) is 0 Å². The number of aromatic amines is 2. The van der Waals surface area contributed by atoms with Gasteiger partial charge in [0.2, 0.25) is 0 Å². The summed E-state index contributed by atoms with van der Waals surface area (Å²) in [4.78, 5) is 35.8. The van der Waals surface area contributed by atoms with Crippen molar-refractivity contribution in [2.24, 2.45) is 11.3 Å². The van der Waals surface area contributed by atoms with Crippen LogP contribution in [0.4, 0.5) is 0 Å². The van der Waals surface area contributed by atoms with Crippen LogP contribution in [0, 0.1) is 11.3 Å². The molecule has 3 aromatic rings. The summed E-state index contributed by atoms with van der Waals surface area (Å²) < 4.78 is 5.36. The minimum atomic E-state index is -0.184. The highest BCUT2D eigenvalue weighted by Gasteiger charge is 2.41. The van der Waals surface area contributed by atoms with Crippen molar-refractivity contribution in [2.45, 2.75) is 90.3 Å². The second-order valence-corrected chi connectivity index (χ2v) is 13.9. The first-order valence-electron chi connectivity index (χ1n) is 17.4. The van der Waals surface area contributed by atoms with Crippen LogP contribution in [0.25, 0.3) is 0 Å². The van der Waals surface area contributed by atoms with Gasteiger partial charge in [-0.3, -0.25) is 14.6 Å². The van der Waals surface area contributed by atoms with Crippen molar-refractivity contribution < 1.29 is 9.53 Å². The quantitative estimate of drug-likeness (QED) is 0.240. The molecule has 0 bridgehead atoms. The lowest BCUT2D eigenvalue weighted by molar-refractivity contribution is -0.144. The number of rotatable bonds is 14. The van der Waals surface area contributed by atoms with E-state index >= 15 is 0 Å². The zero-order valence-electron chi connectivity index (χ0n) is 27.3. The van der Waals surface area contributed by atoms with Crippen molar-refractivity contribution in [3.8, 4) is 0 Å². The lowest BCUT2D eigenvalue weighted by Gasteiger charge is -2.43. The van der Waals surface area contributed by atoms with Crippen LogP contribution in [-0.2, 0) is 35.5 Å². The van der Waals surface area contributed by atoms with Crippen LogP contribution >= 0.6 is 0 Å². The summed E-state index contributed by atoms with van der Waals surface area (Å²) in [5, 5.41) is 0. The van der Waals surface area contributed by atoms with Gasteiger partial charge in [0.05, 0.1) is 13.2 Å². The van der Waals surface area contributed by atoms with E-state index in [2.05, 4.69) is 58.9 Å². The summed E-state index contributed by atoms with van der Waals surface area (Å²) >= 11 is 0. The van der Waals surface area contributed by atoms with Crippen molar-refractivity contribution in [3.05, 3.63) is 71.8 Å². The molecule has 2 aliphatic heterocycles. The smallest absolute Gasteiger partial charge is 0.320 e. The Bertz CT molecular complexity index is 1240. The predicted octanol–water partition coefficient (Wildman–Crippen LogP) is 5.22. The van der Waals surface area contributed by atoms with Gasteiger partial charge in [0.25, 0.3) is 0 Å². The second kappa shape index (κ2) is 15.5. The summed E-state index contributed by atoms with van der Waals surface area (Å²) in [5.74, 6) is 1.94. The van der Waals surface area contributed by atoms with Crippen molar-refractivity contribution in [1.29, 1.82) is 0 Å². The Morgan fingerprint density at radius 1 is 0.956 bits per heavy atom. The van der Waals surface area contributed by atoms with Crippen LogP contribution in [0.15, 0.2) is 49.1 Å². The van der Waals surface area contributed by atoms with E-state index in [4.69, 9.17) is 4.74 Å². The summed E-state index contributed by atoms with van der Waals surface area (Å²) in [5.41, 5.74) is 3.12. The summed E-state index contributed by atoms with van der Waals surface area (Å²) in [7, 11) is 0. The zero-order valence-corrected chi connectivity index (χ0v) is 27.3. The van der Waals surface area contributed by atoms with Gasteiger partial charge < -0.3 is 19.6 Å². The molecule has 2 N–H and O–H groups in total. The van der Waals surface area contributed by atoms with Crippen LogP contribution in [0.1, 0.15) is 81.1 Å². The number of H-pyrrole nitrogens is 2. The Kier molecular flexibility index (Phi) is 11.0. The number of nitrogens with one attached hydrogen (secondary N) is 2. The van der Waals surface area contributed by atoms with Gasteiger partial charge in [-0.1, -0.05) is 43.5 Å². The summed E-state index contributed by atoms with van der Waals surface area (Å²) in [6, 6.07) is 9.93. The fraction of sp³-hybridized carbons (Fsp3) is 0.639. The van der Waals surface area contributed by atoms with Crippen LogP contribution in [0.5, 0.6) is 0 Å². The molecule has 1 aromatic carbocycles. The van der Waals surface area contributed by atoms with Crippen molar-refractivity contribution >= 4 is 5.97 Å². The van der Waals surface area contributed by atoms with Crippen molar-refractivity contribution in [1.82, 2.24) is 34.6 Å². The lowest BCUT2D eigenvalue weighted by Crippen LogP contribution is -2.46. The fourth-order valence-electron chi connectivity index (χ4n) is 8.15. The Morgan fingerprint density at radius 3 is 2.22 bits per heavy atom. The Hall–Kier alpha value is -3.01. The molecule has 4 heterocycles. The molecule has 3 aliphatic rings. The maximum atomic E-state index is 12.6. The van der Waals surface area contributed by atoms with Gasteiger partial charge in [-0.25, -0.2) is 9.97 Å². The maximum Gasteiger partial charge on any atom is 0.320 e. The molecule has 244 valence electrons. The average Bonchev–Trinajstić information content (AvgIpc) is 3.83. The lowest BCUT2D eigenvalue weighted by atomic mass is 9.77. The molecule has 0 amide bonds. The minimum absolute atomic E-state index is 0.184. The number of hydrogen-bond acceptors (Lipinski definition) is 7. The number of benzene rings is 1. The molecular weight excluding hydrogens is 562 g/mol.